The molecule has 102 valence electrons. The van der Waals surface area contributed by atoms with Gasteiger partial charge in [-0.15, -0.1) is 24.8 Å². The Hall–Kier alpha value is -0.840. The van der Waals surface area contributed by atoms with Crippen LogP contribution >= 0.6 is 24.8 Å². The predicted octanol–water partition coefficient (Wildman–Crippen LogP) is 1.80. The number of rotatable bonds is 2. The van der Waals surface area contributed by atoms with Crippen molar-refractivity contribution in [3.05, 3.63) is 30.1 Å². The van der Waals surface area contributed by atoms with Crippen molar-refractivity contribution in [2.45, 2.75) is 31.8 Å². The van der Waals surface area contributed by atoms with E-state index in [1.807, 2.05) is 0 Å². The number of nitrogens with zero attached hydrogens (tertiary/aromatic N) is 1. The smallest absolute Gasteiger partial charge is 0.251 e. The molecule has 2 rings (SSSR count). The van der Waals surface area contributed by atoms with E-state index in [2.05, 4.69) is 22.5 Å². The highest BCUT2D eigenvalue weighted by Gasteiger charge is 2.20. The van der Waals surface area contributed by atoms with Gasteiger partial charge in [-0.2, -0.15) is 0 Å². The van der Waals surface area contributed by atoms with E-state index in [9.17, 15) is 4.79 Å². The van der Waals surface area contributed by atoms with Crippen LogP contribution in [0, 0.1) is 0 Å². The number of pyridine rings is 1. The largest absolute Gasteiger partial charge is 0.349 e. The molecule has 2 heterocycles. The maximum absolute atomic E-state index is 11.9. The Bertz CT molecular complexity index is 362. The molecule has 18 heavy (non-hydrogen) atoms. The molecule has 2 unspecified atom stereocenters. The standard InChI is InChI=1S/C12H17N3O.2ClH/c1-9-8-11(4-7-14-9)15-12(16)10-2-5-13-6-3-10;;/h2-3,5-6,9,11,14H,4,7-8H2,1H3,(H,15,16);2*1H. The van der Waals surface area contributed by atoms with E-state index in [-0.39, 0.29) is 36.8 Å². The number of amides is 1. The van der Waals surface area contributed by atoms with Crippen molar-refractivity contribution in [3.63, 3.8) is 0 Å². The molecule has 1 amide bonds. The second-order valence-corrected chi connectivity index (χ2v) is 4.29. The van der Waals surface area contributed by atoms with Crippen LogP contribution in [0.3, 0.4) is 0 Å². The lowest BCUT2D eigenvalue weighted by molar-refractivity contribution is 0.0925. The van der Waals surface area contributed by atoms with Crippen LogP contribution in [0.25, 0.3) is 0 Å². The van der Waals surface area contributed by atoms with Gasteiger partial charge in [-0.05, 0) is 38.4 Å². The van der Waals surface area contributed by atoms with Crippen molar-refractivity contribution in [1.29, 1.82) is 0 Å². The fourth-order valence-corrected chi connectivity index (χ4v) is 2.04. The second kappa shape index (κ2) is 8.29. The van der Waals surface area contributed by atoms with Gasteiger partial charge in [0, 0.05) is 30.0 Å². The van der Waals surface area contributed by atoms with Crippen LogP contribution in [0.15, 0.2) is 24.5 Å². The lowest BCUT2D eigenvalue weighted by atomic mass is 10.0. The number of halogens is 2. The molecule has 0 bridgehead atoms. The number of carbonyl (C=O) groups excluding carboxylic acids is 1. The topological polar surface area (TPSA) is 54.0 Å². The van der Waals surface area contributed by atoms with Crippen LogP contribution in [-0.2, 0) is 0 Å². The predicted molar refractivity (Wildman–Crippen MR) is 76.7 cm³/mol. The lowest BCUT2D eigenvalue weighted by Gasteiger charge is -2.28. The molecular formula is C12H19Cl2N3O. The maximum atomic E-state index is 11.9. The molecule has 1 aromatic rings. The summed E-state index contributed by atoms with van der Waals surface area (Å²) in [5.74, 6) is 0.00139. The lowest BCUT2D eigenvalue weighted by Crippen LogP contribution is -2.46. The van der Waals surface area contributed by atoms with Gasteiger partial charge in [0.15, 0.2) is 0 Å². The van der Waals surface area contributed by atoms with Crippen LogP contribution in [0.1, 0.15) is 30.1 Å². The minimum Gasteiger partial charge on any atom is -0.349 e. The second-order valence-electron chi connectivity index (χ2n) is 4.29. The van der Waals surface area contributed by atoms with Crippen molar-refractivity contribution in [1.82, 2.24) is 15.6 Å². The molecule has 4 nitrogen and oxygen atoms in total. The van der Waals surface area contributed by atoms with E-state index < -0.39 is 0 Å². The van der Waals surface area contributed by atoms with Crippen LogP contribution in [0.4, 0.5) is 0 Å². The number of hydrogen-bond acceptors (Lipinski definition) is 3. The van der Waals surface area contributed by atoms with Gasteiger partial charge < -0.3 is 10.6 Å². The minimum atomic E-state index is 0. The van der Waals surface area contributed by atoms with Crippen LogP contribution in [0.2, 0.25) is 0 Å². The van der Waals surface area contributed by atoms with Gasteiger partial charge in [-0.1, -0.05) is 0 Å². The highest BCUT2D eigenvalue weighted by Crippen LogP contribution is 2.09. The summed E-state index contributed by atoms with van der Waals surface area (Å²) >= 11 is 0. The van der Waals surface area contributed by atoms with Crippen molar-refractivity contribution in [2.75, 3.05) is 6.54 Å². The zero-order valence-corrected chi connectivity index (χ0v) is 11.9. The van der Waals surface area contributed by atoms with Gasteiger partial charge in [0.2, 0.25) is 0 Å². The molecule has 2 N–H and O–H groups in total. The fraction of sp³-hybridized carbons (Fsp3) is 0.500. The van der Waals surface area contributed by atoms with Gasteiger partial charge in [0.25, 0.3) is 5.91 Å². The molecule has 0 spiro atoms. The first-order chi connectivity index (χ1) is 7.75. The summed E-state index contributed by atoms with van der Waals surface area (Å²) in [5.41, 5.74) is 0.682. The number of piperidine rings is 1. The first-order valence-electron chi connectivity index (χ1n) is 5.70. The highest BCUT2D eigenvalue weighted by atomic mass is 35.5. The third kappa shape index (κ3) is 4.80. The third-order valence-electron chi connectivity index (χ3n) is 2.90. The number of nitrogens with one attached hydrogen (secondary N) is 2. The van der Waals surface area contributed by atoms with Crippen molar-refractivity contribution in [2.24, 2.45) is 0 Å². The number of aromatic nitrogens is 1. The van der Waals surface area contributed by atoms with E-state index in [0.717, 1.165) is 19.4 Å². The normalized spacial score (nSPS) is 22.3. The molecule has 1 aliphatic heterocycles. The summed E-state index contributed by atoms with van der Waals surface area (Å²) in [6.45, 7) is 3.12. The summed E-state index contributed by atoms with van der Waals surface area (Å²) < 4.78 is 0. The fourth-order valence-electron chi connectivity index (χ4n) is 2.04. The van der Waals surface area contributed by atoms with E-state index >= 15 is 0 Å². The molecule has 1 saturated heterocycles. The molecule has 0 saturated carbocycles. The number of carbonyl (C=O) groups is 1. The molecule has 0 aromatic carbocycles. The van der Waals surface area contributed by atoms with Crippen molar-refractivity contribution < 1.29 is 4.79 Å². The van der Waals surface area contributed by atoms with Gasteiger partial charge in [0.05, 0.1) is 0 Å². The zero-order valence-electron chi connectivity index (χ0n) is 10.3. The van der Waals surface area contributed by atoms with E-state index in [1.54, 1.807) is 24.5 Å². The number of hydrogen-bond donors (Lipinski definition) is 2. The van der Waals surface area contributed by atoms with Crippen LogP contribution in [0.5, 0.6) is 0 Å². The first-order valence-corrected chi connectivity index (χ1v) is 5.70. The van der Waals surface area contributed by atoms with Crippen LogP contribution in [-0.4, -0.2) is 29.5 Å². The minimum absolute atomic E-state index is 0. The Morgan fingerprint density at radius 3 is 2.67 bits per heavy atom. The van der Waals surface area contributed by atoms with Crippen molar-refractivity contribution in [3.8, 4) is 0 Å². The molecule has 0 radical (unpaired) electrons. The molecule has 0 aliphatic carbocycles. The summed E-state index contributed by atoms with van der Waals surface area (Å²) in [6, 6.07) is 4.24. The third-order valence-corrected chi connectivity index (χ3v) is 2.90. The van der Waals surface area contributed by atoms with E-state index in [0.29, 0.717) is 11.6 Å². The Labute approximate surface area is 120 Å². The Balaban J connectivity index is 0.00000144. The summed E-state index contributed by atoms with van der Waals surface area (Å²) in [4.78, 5) is 15.8. The highest BCUT2D eigenvalue weighted by molar-refractivity contribution is 5.94. The quantitative estimate of drug-likeness (QED) is 0.874. The van der Waals surface area contributed by atoms with Gasteiger partial charge in [-0.25, -0.2) is 0 Å². The van der Waals surface area contributed by atoms with E-state index in [4.69, 9.17) is 0 Å². The summed E-state index contributed by atoms with van der Waals surface area (Å²) in [5, 5.41) is 6.42. The zero-order chi connectivity index (χ0) is 11.4. The SMILES string of the molecule is CC1CC(NC(=O)c2ccncc2)CCN1.Cl.Cl. The average molecular weight is 292 g/mol. The Morgan fingerprint density at radius 1 is 1.39 bits per heavy atom. The summed E-state index contributed by atoms with van der Waals surface area (Å²) in [7, 11) is 0. The first kappa shape index (κ1) is 17.2. The van der Waals surface area contributed by atoms with Gasteiger partial charge >= 0.3 is 0 Å². The molecule has 1 aromatic heterocycles. The molecular weight excluding hydrogens is 273 g/mol. The average Bonchev–Trinajstić information content (AvgIpc) is 2.30. The van der Waals surface area contributed by atoms with Crippen LogP contribution < -0.4 is 10.6 Å². The molecule has 6 heteroatoms. The molecule has 1 aliphatic rings. The monoisotopic (exact) mass is 291 g/mol. The summed E-state index contributed by atoms with van der Waals surface area (Å²) in [6.07, 6.45) is 5.28. The molecule has 2 atom stereocenters. The Morgan fingerprint density at radius 2 is 2.06 bits per heavy atom. The van der Waals surface area contributed by atoms with E-state index in [1.165, 1.54) is 0 Å². The molecule has 1 fully saturated rings. The van der Waals surface area contributed by atoms with Gasteiger partial charge in [-0.3, -0.25) is 9.78 Å². The Kier molecular flexibility index (Phi) is 7.91. The maximum Gasteiger partial charge on any atom is 0.251 e. The van der Waals surface area contributed by atoms with Gasteiger partial charge in [0.1, 0.15) is 0 Å². The van der Waals surface area contributed by atoms with Crippen molar-refractivity contribution >= 4 is 30.7 Å².